The number of ether oxygens (including phenoxy) is 1. The summed E-state index contributed by atoms with van der Waals surface area (Å²) in [5.74, 6) is 0.161. The molecule has 11 heteroatoms. The quantitative estimate of drug-likeness (QED) is 0.308. The Hall–Kier alpha value is -4.38. The van der Waals surface area contributed by atoms with Gasteiger partial charge in [0.25, 0.3) is 0 Å². The van der Waals surface area contributed by atoms with Gasteiger partial charge in [-0.2, -0.15) is 0 Å². The maximum Gasteiger partial charge on any atom is 0.362 e. The molecule has 0 atom stereocenters. The number of phenols is 1. The first-order valence-electron chi connectivity index (χ1n) is 9.28. The molecule has 0 amide bonds. The minimum absolute atomic E-state index is 0.0105. The van der Waals surface area contributed by atoms with Gasteiger partial charge in [-0.1, -0.05) is 5.21 Å². The first-order valence-corrected chi connectivity index (χ1v) is 10.1. The van der Waals surface area contributed by atoms with Crippen LogP contribution in [0.5, 0.6) is 11.6 Å². The molecule has 0 aliphatic rings. The summed E-state index contributed by atoms with van der Waals surface area (Å²) in [5.41, 5.74) is 0.987. The number of thiazole rings is 1. The summed E-state index contributed by atoms with van der Waals surface area (Å²) in [6, 6.07) is 9.62. The number of pyridine rings is 1. The molecular weight excluding hydrogens is 434 g/mol. The summed E-state index contributed by atoms with van der Waals surface area (Å²) in [4.78, 5) is 32.7. The molecule has 0 saturated heterocycles. The minimum Gasteiger partial charge on any atom is -0.508 e. The van der Waals surface area contributed by atoms with Gasteiger partial charge in [-0.3, -0.25) is 9.78 Å². The van der Waals surface area contributed by atoms with Crippen molar-refractivity contribution in [3.63, 3.8) is 0 Å². The molecule has 4 heterocycles. The van der Waals surface area contributed by atoms with Crippen LogP contribution in [0.4, 0.5) is 0 Å². The molecule has 0 spiro atoms. The molecule has 1 N–H and O–H groups in total. The van der Waals surface area contributed by atoms with Crippen molar-refractivity contribution < 1.29 is 19.1 Å². The number of benzene rings is 1. The molecular formula is C21H13N5O5S. The molecule has 0 aliphatic carbocycles. The number of carbonyl (C=O) groups is 1. The van der Waals surface area contributed by atoms with E-state index in [0.717, 1.165) is 5.56 Å². The van der Waals surface area contributed by atoms with Crippen LogP contribution in [-0.4, -0.2) is 36.4 Å². The fourth-order valence-corrected chi connectivity index (χ4v) is 3.88. The lowest BCUT2D eigenvalue weighted by Crippen LogP contribution is -2.15. The van der Waals surface area contributed by atoms with Crippen molar-refractivity contribution >= 4 is 28.6 Å². The Morgan fingerprint density at radius 2 is 2.03 bits per heavy atom. The van der Waals surface area contributed by atoms with Crippen LogP contribution >= 0.6 is 11.3 Å². The SMILES string of the molecule is O=Cc1sc(-c2ccncc2)nc1OCc1cnnn1-c1cc2ccc(O)cc2oc1=O. The van der Waals surface area contributed by atoms with Crippen molar-refractivity contribution in [3.8, 4) is 27.9 Å². The Bertz CT molecular complexity index is 1490. The van der Waals surface area contributed by atoms with E-state index in [1.165, 1.54) is 34.3 Å². The number of fused-ring (bicyclic) bond motifs is 1. The summed E-state index contributed by atoms with van der Waals surface area (Å²) in [6.07, 6.45) is 5.40. The molecule has 1 aromatic carbocycles. The van der Waals surface area contributed by atoms with Crippen LogP contribution in [0.15, 0.2) is 64.2 Å². The molecule has 5 rings (SSSR count). The van der Waals surface area contributed by atoms with Crippen LogP contribution < -0.4 is 10.4 Å². The Kier molecular flexibility index (Phi) is 4.92. The number of nitrogens with zero attached hydrogens (tertiary/aromatic N) is 5. The summed E-state index contributed by atoms with van der Waals surface area (Å²) >= 11 is 1.20. The van der Waals surface area contributed by atoms with Crippen LogP contribution in [0.3, 0.4) is 0 Å². The topological polar surface area (TPSA) is 133 Å². The monoisotopic (exact) mass is 447 g/mol. The number of phenolic OH excluding ortho intramolecular Hbond substituents is 1. The van der Waals surface area contributed by atoms with Gasteiger partial charge < -0.3 is 14.3 Å². The third kappa shape index (κ3) is 3.61. The van der Waals surface area contributed by atoms with E-state index in [1.807, 2.05) is 0 Å². The predicted octanol–water partition coefficient (Wildman–Crippen LogP) is 2.99. The third-order valence-corrected chi connectivity index (χ3v) is 5.57. The molecule has 0 fully saturated rings. The van der Waals surface area contributed by atoms with Gasteiger partial charge in [-0.25, -0.2) is 14.5 Å². The highest BCUT2D eigenvalue weighted by Crippen LogP contribution is 2.31. The van der Waals surface area contributed by atoms with Crippen LogP contribution in [0.1, 0.15) is 15.4 Å². The average molecular weight is 447 g/mol. The van der Waals surface area contributed by atoms with Crippen molar-refractivity contribution in [1.29, 1.82) is 0 Å². The highest BCUT2D eigenvalue weighted by Gasteiger charge is 2.17. The second-order valence-electron chi connectivity index (χ2n) is 6.61. The number of hydrogen-bond donors (Lipinski definition) is 1. The lowest BCUT2D eigenvalue weighted by Gasteiger charge is -2.07. The average Bonchev–Trinajstić information content (AvgIpc) is 3.44. The first kappa shape index (κ1) is 19.6. The second kappa shape index (κ2) is 8.04. The second-order valence-corrected chi connectivity index (χ2v) is 7.64. The molecule has 4 aromatic heterocycles. The van der Waals surface area contributed by atoms with E-state index in [9.17, 15) is 14.7 Å². The van der Waals surface area contributed by atoms with Gasteiger partial charge in [0.1, 0.15) is 33.5 Å². The zero-order valence-corrected chi connectivity index (χ0v) is 17.0. The maximum absolute atomic E-state index is 12.5. The molecule has 0 aliphatic heterocycles. The summed E-state index contributed by atoms with van der Waals surface area (Å²) in [5, 5.41) is 18.6. The Morgan fingerprint density at radius 1 is 1.19 bits per heavy atom. The summed E-state index contributed by atoms with van der Waals surface area (Å²) < 4.78 is 12.4. The minimum atomic E-state index is -0.655. The van der Waals surface area contributed by atoms with Gasteiger partial charge >= 0.3 is 5.63 Å². The molecule has 158 valence electrons. The van der Waals surface area contributed by atoms with Crippen molar-refractivity contribution in [2.75, 3.05) is 0 Å². The number of aromatic nitrogens is 5. The van der Waals surface area contributed by atoms with Crippen molar-refractivity contribution in [2.45, 2.75) is 6.61 Å². The van der Waals surface area contributed by atoms with E-state index >= 15 is 0 Å². The smallest absolute Gasteiger partial charge is 0.362 e. The van der Waals surface area contributed by atoms with Crippen molar-refractivity contribution in [2.24, 2.45) is 0 Å². The zero-order chi connectivity index (χ0) is 22.1. The van der Waals surface area contributed by atoms with Crippen molar-refractivity contribution in [1.82, 2.24) is 25.0 Å². The number of aromatic hydroxyl groups is 1. The van der Waals surface area contributed by atoms with E-state index in [0.29, 0.717) is 27.3 Å². The molecule has 10 nitrogen and oxygen atoms in total. The van der Waals surface area contributed by atoms with E-state index in [-0.39, 0.29) is 29.5 Å². The third-order valence-electron chi connectivity index (χ3n) is 4.56. The van der Waals surface area contributed by atoms with Crippen LogP contribution in [0, 0.1) is 0 Å². The van der Waals surface area contributed by atoms with Gasteiger partial charge in [-0.05, 0) is 30.3 Å². The van der Waals surface area contributed by atoms with Crippen LogP contribution in [0.2, 0.25) is 0 Å². The first-order chi connectivity index (χ1) is 15.6. The standard InChI is InChI=1S/C21H13N5O5S/c27-10-18-19(24-20(32-18)12-3-5-22-6-4-12)30-11-14-9-23-25-26(14)16-7-13-1-2-15(28)8-17(13)31-21(16)29/h1-10,28H,11H2. The van der Waals surface area contributed by atoms with E-state index in [4.69, 9.17) is 9.15 Å². The van der Waals surface area contributed by atoms with Gasteiger partial charge in [-0.15, -0.1) is 16.4 Å². The fraction of sp³-hybridized carbons (Fsp3) is 0.0476. The van der Waals surface area contributed by atoms with Crippen molar-refractivity contribution in [3.05, 3.63) is 76.0 Å². The Morgan fingerprint density at radius 3 is 2.84 bits per heavy atom. The summed E-state index contributed by atoms with van der Waals surface area (Å²) in [6.45, 7) is -0.0413. The molecule has 0 unspecified atom stereocenters. The normalized spacial score (nSPS) is 11.0. The highest BCUT2D eigenvalue weighted by atomic mass is 32.1. The Labute approximate surface area is 183 Å². The van der Waals surface area contributed by atoms with Gasteiger partial charge in [0, 0.05) is 29.4 Å². The van der Waals surface area contributed by atoms with E-state index in [1.54, 1.807) is 36.7 Å². The highest BCUT2D eigenvalue weighted by molar-refractivity contribution is 7.16. The largest absolute Gasteiger partial charge is 0.508 e. The number of rotatable bonds is 6. The van der Waals surface area contributed by atoms with Crippen LogP contribution in [0.25, 0.3) is 27.2 Å². The number of aldehydes is 1. The van der Waals surface area contributed by atoms with Gasteiger partial charge in [0.15, 0.2) is 12.0 Å². The van der Waals surface area contributed by atoms with Gasteiger partial charge in [0.05, 0.1) is 6.20 Å². The van der Waals surface area contributed by atoms with E-state index < -0.39 is 5.63 Å². The molecule has 5 aromatic rings. The Balaban J connectivity index is 1.44. The molecule has 0 bridgehead atoms. The van der Waals surface area contributed by atoms with Gasteiger partial charge in [0.2, 0.25) is 5.88 Å². The lowest BCUT2D eigenvalue weighted by molar-refractivity contribution is 0.112. The summed E-state index contributed by atoms with van der Waals surface area (Å²) in [7, 11) is 0. The maximum atomic E-state index is 12.5. The number of carbonyl (C=O) groups excluding carboxylic acids is 1. The number of hydrogen-bond acceptors (Lipinski definition) is 10. The molecule has 32 heavy (non-hydrogen) atoms. The predicted molar refractivity (Wildman–Crippen MR) is 114 cm³/mol. The fourth-order valence-electron chi connectivity index (χ4n) is 3.05. The molecule has 0 saturated carbocycles. The zero-order valence-electron chi connectivity index (χ0n) is 16.2. The van der Waals surface area contributed by atoms with Crippen LogP contribution in [-0.2, 0) is 6.61 Å². The van der Waals surface area contributed by atoms with E-state index in [2.05, 4.69) is 20.3 Å². The molecule has 0 radical (unpaired) electrons. The lowest BCUT2D eigenvalue weighted by atomic mass is 10.2.